The molecule has 23 heavy (non-hydrogen) atoms. The van der Waals surface area contributed by atoms with Gasteiger partial charge in [0.15, 0.2) is 0 Å². The first-order valence-electron chi connectivity index (χ1n) is 7.19. The highest BCUT2D eigenvalue weighted by Gasteiger charge is 2.09. The Hall–Kier alpha value is -3.02. The van der Waals surface area contributed by atoms with Crippen LogP contribution in [-0.2, 0) is 6.54 Å². The van der Waals surface area contributed by atoms with Crippen molar-refractivity contribution in [2.75, 3.05) is 14.1 Å². The smallest absolute Gasteiger partial charge is 0.277 e. The van der Waals surface area contributed by atoms with Gasteiger partial charge in [0.2, 0.25) is 0 Å². The van der Waals surface area contributed by atoms with Crippen LogP contribution in [0.3, 0.4) is 0 Å². The third-order valence-electron chi connectivity index (χ3n) is 3.57. The molecule has 0 N–H and O–H groups in total. The molecule has 0 aliphatic heterocycles. The van der Waals surface area contributed by atoms with Crippen LogP contribution in [0.2, 0.25) is 0 Å². The van der Waals surface area contributed by atoms with E-state index < -0.39 is 0 Å². The van der Waals surface area contributed by atoms with Crippen LogP contribution < -0.4 is 5.56 Å². The fourth-order valence-corrected chi connectivity index (χ4v) is 2.31. The number of nitrogens with zero attached hydrogens (tertiary/aromatic N) is 4. The Labute approximate surface area is 133 Å². The number of rotatable bonds is 3. The molecule has 0 radical (unpaired) electrons. The van der Waals surface area contributed by atoms with Crippen LogP contribution in [0.15, 0.2) is 53.3 Å². The van der Waals surface area contributed by atoms with E-state index >= 15 is 0 Å². The van der Waals surface area contributed by atoms with Gasteiger partial charge in [0, 0.05) is 19.7 Å². The molecule has 0 saturated heterocycles. The fraction of sp³-hybridized carbons (Fsp3) is 0.176. The van der Waals surface area contributed by atoms with Gasteiger partial charge < -0.3 is 4.90 Å². The summed E-state index contributed by atoms with van der Waals surface area (Å²) in [5.74, 6) is -0.0563. The van der Waals surface area contributed by atoms with Crippen LogP contribution in [0.4, 0.5) is 0 Å². The highest BCUT2D eigenvalue weighted by atomic mass is 16.2. The van der Waals surface area contributed by atoms with Gasteiger partial charge in [-0.2, -0.15) is 0 Å². The number of aromatic nitrogens is 3. The Morgan fingerprint density at radius 3 is 2.48 bits per heavy atom. The van der Waals surface area contributed by atoms with Crippen molar-refractivity contribution in [2.45, 2.75) is 6.54 Å². The van der Waals surface area contributed by atoms with Crippen LogP contribution in [0.5, 0.6) is 0 Å². The van der Waals surface area contributed by atoms with E-state index in [4.69, 9.17) is 0 Å². The summed E-state index contributed by atoms with van der Waals surface area (Å²) in [5.41, 5.74) is 1.90. The second kappa shape index (κ2) is 6.00. The summed E-state index contributed by atoms with van der Waals surface area (Å²) in [4.78, 5) is 25.8. The first kappa shape index (κ1) is 14.9. The van der Waals surface area contributed by atoms with Gasteiger partial charge in [-0.05, 0) is 29.8 Å². The molecule has 0 unspecified atom stereocenters. The predicted octanol–water partition coefficient (Wildman–Crippen LogP) is 1.54. The molecule has 1 heterocycles. The van der Waals surface area contributed by atoms with Crippen LogP contribution >= 0.6 is 0 Å². The van der Waals surface area contributed by atoms with E-state index in [0.29, 0.717) is 23.0 Å². The molecule has 3 rings (SSSR count). The van der Waals surface area contributed by atoms with Crippen molar-refractivity contribution in [3.63, 3.8) is 0 Å². The van der Waals surface area contributed by atoms with Crippen molar-refractivity contribution in [1.29, 1.82) is 0 Å². The molecule has 6 nitrogen and oxygen atoms in total. The highest BCUT2D eigenvalue weighted by Crippen LogP contribution is 2.08. The lowest BCUT2D eigenvalue weighted by Crippen LogP contribution is -2.25. The number of carbonyl (C=O) groups is 1. The second-order valence-electron chi connectivity index (χ2n) is 5.47. The normalized spacial score (nSPS) is 10.7. The molecule has 0 aliphatic carbocycles. The van der Waals surface area contributed by atoms with E-state index in [1.165, 1.54) is 9.58 Å². The minimum Gasteiger partial charge on any atom is -0.345 e. The summed E-state index contributed by atoms with van der Waals surface area (Å²) in [6, 6.07) is 14.3. The molecule has 1 amide bonds. The molecule has 2 aromatic carbocycles. The monoisotopic (exact) mass is 308 g/mol. The fourth-order valence-electron chi connectivity index (χ4n) is 2.31. The molecule has 3 aromatic rings. The summed E-state index contributed by atoms with van der Waals surface area (Å²) in [5, 5.41) is 8.57. The zero-order valence-corrected chi connectivity index (χ0v) is 12.9. The van der Waals surface area contributed by atoms with Gasteiger partial charge >= 0.3 is 0 Å². The number of amides is 1. The SMILES string of the molecule is CN(C)C(=O)c1ccc(Cn2nnc3ccccc3c2=O)cc1. The van der Waals surface area contributed by atoms with E-state index in [1.807, 2.05) is 18.2 Å². The second-order valence-corrected chi connectivity index (χ2v) is 5.47. The van der Waals surface area contributed by atoms with E-state index in [0.717, 1.165) is 5.56 Å². The predicted molar refractivity (Wildman–Crippen MR) is 87.4 cm³/mol. The van der Waals surface area contributed by atoms with E-state index in [-0.39, 0.29) is 11.5 Å². The van der Waals surface area contributed by atoms with Crippen molar-refractivity contribution in [3.05, 3.63) is 70.0 Å². The molecule has 0 spiro atoms. The number of hydrogen-bond acceptors (Lipinski definition) is 4. The lowest BCUT2D eigenvalue weighted by atomic mass is 10.1. The van der Waals surface area contributed by atoms with Crippen LogP contribution in [-0.4, -0.2) is 39.9 Å². The van der Waals surface area contributed by atoms with E-state index in [1.54, 1.807) is 44.4 Å². The number of hydrogen-bond donors (Lipinski definition) is 0. The lowest BCUT2D eigenvalue weighted by molar-refractivity contribution is 0.0827. The van der Waals surface area contributed by atoms with Crippen LogP contribution in [0, 0.1) is 0 Å². The summed E-state index contributed by atoms with van der Waals surface area (Å²) >= 11 is 0. The van der Waals surface area contributed by atoms with Gasteiger partial charge in [-0.3, -0.25) is 9.59 Å². The Kier molecular flexibility index (Phi) is 3.89. The van der Waals surface area contributed by atoms with Gasteiger partial charge in [0.05, 0.1) is 11.9 Å². The molecule has 0 bridgehead atoms. The maximum Gasteiger partial charge on any atom is 0.277 e. The topological polar surface area (TPSA) is 68.1 Å². The van der Waals surface area contributed by atoms with E-state index in [2.05, 4.69) is 10.3 Å². The summed E-state index contributed by atoms with van der Waals surface area (Å²) < 4.78 is 1.32. The Morgan fingerprint density at radius 1 is 1.09 bits per heavy atom. The molecule has 0 saturated carbocycles. The first-order valence-corrected chi connectivity index (χ1v) is 7.19. The van der Waals surface area contributed by atoms with Crippen molar-refractivity contribution < 1.29 is 4.79 Å². The molecular weight excluding hydrogens is 292 g/mol. The average Bonchev–Trinajstić information content (AvgIpc) is 2.57. The van der Waals surface area contributed by atoms with Gasteiger partial charge in [-0.1, -0.05) is 29.5 Å². The third-order valence-corrected chi connectivity index (χ3v) is 3.57. The summed E-state index contributed by atoms with van der Waals surface area (Å²) in [6.07, 6.45) is 0. The van der Waals surface area contributed by atoms with Gasteiger partial charge in [-0.25, -0.2) is 4.68 Å². The van der Waals surface area contributed by atoms with Gasteiger partial charge in [0.25, 0.3) is 11.5 Å². The van der Waals surface area contributed by atoms with Crippen molar-refractivity contribution in [3.8, 4) is 0 Å². The Balaban J connectivity index is 1.89. The summed E-state index contributed by atoms with van der Waals surface area (Å²) in [7, 11) is 3.42. The number of fused-ring (bicyclic) bond motifs is 1. The molecule has 0 atom stereocenters. The highest BCUT2D eigenvalue weighted by molar-refractivity contribution is 5.93. The Bertz CT molecular complexity index is 914. The minimum atomic E-state index is -0.177. The molecule has 0 aliphatic rings. The van der Waals surface area contributed by atoms with Gasteiger partial charge in [-0.15, -0.1) is 5.10 Å². The molecule has 1 aromatic heterocycles. The summed E-state index contributed by atoms with van der Waals surface area (Å²) in [6.45, 7) is 0.313. The Morgan fingerprint density at radius 2 is 1.78 bits per heavy atom. The standard InChI is InChI=1S/C17H16N4O2/c1-20(2)16(22)13-9-7-12(8-10-13)11-21-17(23)14-5-3-4-6-15(14)18-19-21/h3-10H,11H2,1-2H3. The maximum atomic E-state index is 12.4. The van der Waals surface area contributed by atoms with Crippen LogP contribution in [0.1, 0.15) is 15.9 Å². The zero-order valence-electron chi connectivity index (χ0n) is 12.9. The third kappa shape index (κ3) is 2.96. The van der Waals surface area contributed by atoms with Crippen LogP contribution in [0.25, 0.3) is 10.9 Å². The largest absolute Gasteiger partial charge is 0.345 e. The molecule has 0 fully saturated rings. The quantitative estimate of drug-likeness (QED) is 0.736. The number of carbonyl (C=O) groups excluding carboxylic acids is 1. The minimum absolute atomic E-state index is 0.0563. The molecule has 6 heteroatoms. The zero-order chi connectivity index (χ0) is 16.4. The first-order chi connectivity index (χ1) is 11.1. The lowest BCUT2D eigenvalue weighted by Gasteiger charge is -2.10. The molecule has 116 valence electrons. The maximum absolute atomic E-state index is 12.4. The molecular formula is C17H16N4O2. The van der Waals surface area contributed by atoms with Gasteiger partial charge in [0.1, 0.15) is 5.52 Å². The van der Waals surface area contributed by atoms with Crippen molar-refractivity contribution in [1.82, 2.24) is 19.9 Å². The average molecular weight is 308 g/mol. The van der Waals surface area contributed by atoms with E-state index in [9.17, 15) is 9.59 Å². The van der Waals surface area contributed by atoms with Crippen molar-refractivity contribution >= 4 is 16.8 Å². The number of benzene rings is 2. The van der Waals surface area contributed by atoms with Crippen molar-refractivity contribution in [2.24, 2.45) is 0 Å².